The Morgan fingerprint density at radius 2 is 2.21 bits per heavy atom. The summed E-state index contributed by atoms with van der Waals surface area (Å²) in [4.78, 5) is 14.1. The lowest BCUT2D eigenvalue weighted by Crippen LogP contribution is -2.29. The molecule has 2 aliphatic heterocycles. The third kappa shape index (κ3) is 3.36. The summed E-state index contributed by atoms with van der Waals surface area (Å²) < 4.78 is 18.1. The van der Waals surface area contributed by atoms with Gasteiger partial charge >= 0.3 is 5.97 Å². The molecule has 0 unspecified atom stereocenters. The number of fused-ring (bicyclic) bond motifs is 1. The van der Waals surface area contributed by atoms with Crippen LogP contribution >= 0.6 is 15.9 Å². The summed E-state index contributed by atoms with van der Waals surface area (Å²) in [5.74, 6) is -1.02. The van der Waals surface area contributed by atoms with Crippen LogP contribution in [0.5, 0.6) is 0 Å². The second-order valence-corrected chi connectivity index (χ2v) is 7.34. The molecule has 2 aliphatic rings. The van der Waals surface area contributed by atoms with E-state index in [1.807, 2.05) is 32.9 Å². The molecule has 2 atom stereocenters. The molecule has 24 heavy (non-hydrogen) atoms. The number of benzene rings is 1. The van der Waals surface area contributed by atoms with Crippen LogP contribution < -0.4 is 4.90 Å². The smallest absolute Gasteiger partial charge is 0.332 e. The molecule has 6 heteroatoms. The molecule has 130 valence electrons. The van der Waals surface area contributed by atoms with E-state index in [1.165, 1.54) is 6.08 Å². The Hall–Kier alpha value is -1.37. The normalized spacial score (nSPS) is 26.7. The molecule has 1 aromatic carbocycles. The fourth-order valence-corrected chi connectivity index (χ4v) is 3.65. The van der Waals surface area contributed by atoms with Crippen molar-refractivity contribution in [3.05, 3.63) is 40.0 Å². The number of carbonyl (C=O) groups is 1. The van der Waals surface area contributed by atoms with Crippen molar-refractivity contribution in [2.45, 2.75) is 45.7 Å². The topological polar surface area (TPSA) is 48.0 Å². The zero-order valence-corrected chi connectivity index (χ0v) is 15.9. The van der Waals surface area contributed by atoms with Crippen LogP contribution in [0.15, 0.2) is 34.4 Å². The zero-order chi connectivity index (χ0) is 17.5. The molecule has 2 heterocycles. The van der Waals surface area contributed by atoms with Gasteiger partial charge in [0.25, 0.3) is 0 Å². The molecule has 0 saturated carbocycles. The maximum atomic E-state index is 12.0. The van der Waals surface area contributed by atoms with Gasteiger partial charge in [0.1, 0.15) is 12.2 Å². The number of halogens is 1. The van der Waals surface area contributed by atoms with Crippen molar-refractivity contribution in [1.29, 1.82) is 0 Å². The Labute approximate surface area is 150 Å². The molecule has 0 aromatic heterocycles. The Morgan fingerprint density at radius 1 is 1.46 bits per heavy atom. The molecule has 2 saturated heterocycles. The van der Waals surface area contributed by atoms with Crippen molar-refractivity contribution in [1.82, 2.24) is 0 Å². The number of esters is 1. The fourth-order valence-electron chi connectivity index (χ4n) is 3.19. The van der Waals surface area contributed by atoms with Gasteiger partial charge in [0, 0.05) is 10.5 Å². The third-order valence-electron chi connectivity index (χ3n) is 4.09. The molecule has 1 aromatic rings. The molecule has 3 rings (SSSR count). The molecule has 0 N–H and O–H groups in total. The van der Waals surface area contributed by atoms with E-state index in [9.17, 15) is 4.79 Å². The van der Waals surface area contributed by atoms with Gasteiger partial charge in [0.15, 0.2) is 5.79 Å². The van der Waals surface area contributed by atoms with Gasteiger partial charge in [-0.15, -0.1) is 0 Å². The summed E-state index contributed by atoms with van der Waals surface area (Å²) in [5, 5.41) is 0. The first kappa shape index (κ1) is 17.5. The van der Waals surface area contributed by atoms with Crippen LogP contribution in [0.25, 0.3) is 0 Å². The minimum atomic E-state index is -0.654. The fraction of sp³-hybridized carbons (Fsp3) is 0.500. The van der Waals surface area contributed by atoms with Crippen LogP contribution in [-0.2, 0) is 19.0 Å². The maximum absolute atomic E-state index is 12.0. The zero-order valence-electron chi connectivity index (χ0n) is 14.3. The van der Waals surface area contributed by atoms with Crippen LogP contribution in [0.3, 0.4) is 0 Å². The Balaban J connectivity index is 1.99. The lowest BCUT2D eigenvalue weighted by Gasteiger charge is -2.27. The third-order valence-corrected chi connectivity index (χ3v) is 4.76. The van der Waals surface area contributed by atoms with Gasteiger partial charge < -0.3 is 19.1 Å². The SMILES string of the molecule is CCOC(=O)/C=C1\[C@@H]2OC(C)(C)O[C@@H]2CN1c1cc(C)ccc1Br. The highest BCUT2D eigenvalue weighted by Crippen LogP contribution is 2.42. The minimum absolute atomic E-state index is 0.118. The Bertz CT molecular complexity index is 686. The highest BCUT2D eigenvalue weighted by atomic mass is 79.9. The number of anilines is 1. The first-order chi connectivity index (χ1) is 11.3. The lowest BCUT2D eigenvalue weighted by molar-refractivity contribution is -0.146. The quantitative estimate of drug-likeness (QED) is 0.578. The molecule has 0 amide bonds. The highest BCUT2D eigenvalue weighted by molar-refractivity contribution is 9.10. The van der Waals surface area contributed by atoms with Crippen LogP contribution in [0, 0.1) is 6.92 Å². The monoisotopic (exact) mass is 395 g/mol. The second-order valence-electron chi connectivity index (χ2n) is 6.48. The van der Waals surface area contributed by atoms with E-state index in [4.69, 9.17) is 14.2 Å². The summed E-state index contributed by atoms with van der Waals surface area (Å²) >= 11 is 3.60. The molecule has 2 fully saturated rings. The van der Waals surface area contributed by atoms with Gasteiger partial charge in [-0.3, -0.25) is 0 Å². The van der Waals surface area contributed by atoms with E-state index in [2.05, 4.69) is 26.9 Å². The summed E-state index contributed by atoms with van der Waals surface area (Å²) in [6, 6.07) is 6.12. The molecule has 0 aliphatic carbocycles. The van der Waals surface area contributed by atoms with E-state index in [0.29, 0.717) is 13.2 Å². The van der Waals surface area contributed by atoms with E-state index < -0.39 is 5.79 Å². The summed E-state index contributed by atoms with van der Waals surface area (Å²) in [6.45, 7) is 8.58. The van der Waals surface area contributed by atoms with E-state index in [1.54, 1.807) is 6.92 Å². The van der Waals surface area contributed by atoms with Crippen molar-refractivity contribution in [2.24, 2.45) is 0 Å². The van der Waals surface area contributed by atoms with Gasteiger partial charge in [-0.1, -0.05) is 6.07 Å². The highest BCUT2D eigenvalue weighted by Gasteiger charge is 2.50. The number of rotatable bonds is 3. The van der Waals surface area contributed by atoms with Gasteiger partial charge in [-0.05, 0) is 61.3 Å². The van der Waals surface area contributed by atoms with Crippen molar-refractivity contribution in [2.75, 3.05) is 18.1 Å². The number of carbonyl (C=O) groups excluding carboxylic acids is 1. The van der Waals surface area contributed by atoms with Crippen LogP contribution in [0.4, 0.5) is 5.69 Å². The lowest BCUT2D eigenvalue weighted by atomic mass is 10.2. The van der Waals surface area contributed by atoms with E-state index in [0.717, 1.165) is 21.4 Å². The number of aryl methyl sites for hydroxylation is 1. The summed E-state index contributed by atoms with van der Waals surface area (Å²) in [5.41, 5.74) is 2.91. The molecular formula is C18H22BrNO4. The van der Waals surface area contributed by atoms with Gasteiger partial charge in [-0.25, -0.2) is 4.79 Å². The number of hydrogen-bond donors (Lipinski definition) is 0. The molecule has 0 spiro atoms. The summed E-state index contributed by atoms with van der Waals surface area (Å²) in [7, 11) is 0. The van der Waals surface area contributed by atoms with Gasteiger partial charge in [0.2, 0.25) is 0 Å². The maximum Gasteiger partial charge on any atom is 0.332 e. The van der Waals surface area contributed by atoms with Gasteiger partial charge in [0.05, 0.1) is 24.5 Å². The van der Waals surface area contributed by atoms with Gasteiger partial charge in [-0.2, -0.15) is 0 Å². The average Bonchev–Trinajstić information content (AvgIpc) is 2.95. The van der Waals surface area contributed by atoms with Crippen molar-refractivity contribution >= 4 is 27.6 Å². The van der Waals surface area contributed by atoms with Crippen molar-refractivity contribution in [3.63, 3.8) is 0 Å². The first-order valence-corrected chi connectivity index (χ1v) is 8.87. The molecule has 0 radical (unpaired) electrons. The van der Waals surface area contributed by atoms with E-state index in [-0.39, 0.29) is 18.2 Å². The Kier molecular flexibility index (Phi) is 4.73. The summed E-state index contributed by atoms with van der Waals surface area (Å²) in [6.07, 6.45) is 1.12. The van der Waals surface area contributed by atoms with E-state index >= 15 is 0 Å². The number of hydrogen-bond acceptors (Lipinski definition) is 5. The minimum Gasteiger partial charge on any atom is -0.463 e. The van der Waals surface area contributed by atoms with Crippen molar-refractivity contribution in [3.8, 4) is 0 Å². The second kappa shape index (κ2) is 6.50. The first-order valence-electron chi connectivity index (χ1n) is 8.08. The molecule has 5 nitrogen and oxygen atoms in total. The van der Waals surface area contributed by atoms with Crippen molar-refractivity contribution < 1.29 is 19.0 Å². The standard InChI is InChI=1S/C18H22BrNO4/c1-5-22-16(21)9-14-17-15(23-18(3,4)24-17)10-20(14)13-8-11(2)6-7-12(13)19/h6-9,15,17H,5,10H2,1-4H3/b14-9+/t15-,17+/m1/s1. The molecule has 0 bridgehead atoms. The predicted molar refractivity (Wildman–Crippen MR) is 94.8 cm³/mol. The number of nitrogens with zero attached hydrogens (tertiary/aromatic N) is 1. The van der Waals surface area contributed by atoms with Crippen LogP contribution in [0.1, 0.15) is 26.3 Å². The largest absolute Gasteiger partial charge is 0.463 e. The average molecular weight is 396 g/mol. The van der Waals surface area contributed by atoms with Crippen LogP contribution in [-0.4, -0.2) is 37.1 Å². The predicted octanol–water partition coefficient (Wildman–Crippen LogP) is 3.54. The Morgan fingerprint density at radius 3 is 2.92 bits per heavy atom. The molecular weight excluding hydrogens is 374 g/mol. The van der Waals surface area contributed by atoms with Crippen LogP contribution in [0.2, 0.25) is 0 Å². The number of ether oxygens (including phenoxy) is 3.